The van der Waals surface area contributed by atoms with E-state index in [9.17, 15) is 4.79 Å². The van der Waals surface area contributed by atoms with E-state index >= 15 is 0 Å². The fourth-order valence-corrected chi connectivity index (χ4v) is 4.22. The Hall–Kier alpha value is -3.03. The number of hydrogen-bond donors (Lipinski definition) is 2. The molecule has 3 aromatic rings. The highest BCUT2D eigenvalue weighted by molar-refractivity contribution is 6.22. The Morgan fingerprint density at radius 3 is 2.88 bits per heavy atom. The molecule has 1 aromatic carbocycles. The average Bonchev–Trinajstić information content (AvgIpc) is 3.24. The van der Waals surface area contributed by atoms with Crippen LogP contribution in [0, 0.1) is 6.92 Å². The number of carboxylic acids is 1. The van der Waals surface area contributed by atoms with Crippen LogP contribution in [0.5, 0.6) is 0 Å². The number of carbonyl (C=O) groups is 1. The van der Waals surface area contributed by atoms with Crippen LogP contribution >= 0.6 is 11.6 Å². The van der Waals surface area contributed by atoms with Crippen molar-refractivity contribution in [3.05, 3.63) is 71.6 Å². The quantitative estimate of drug-likeness (QED) is 0.306. The first-order valence-corrected chi connectivity index (χ1v) is 12.2. The van der Waals surface area contributed by atoms with Crippen LogP contribution in [0.2, 0.25) is 0 Å². The number of nitrogens with one attached hydrogen (secondary N) is 1. The van der Waals surface area contributed by atoms with Gasteiger partial charge in [-0.05, 0) is 55.9 Å². The minimum Gasteiger partial charge on any atom is -0.481 e. The molecule has 34 heavy (non-hydrogen) atoms. The molecule has 2 aromatic heterocycles. The number of carboxylic acid groups (broad SMARTS) is 1. The van der Waals surface area contributed by atoms with Crippen LogP contribution in [0.1, 0.15) is 48.5 Å². The van der Waals surface area contributed by atoms with Crippen LogP contribution in [0.15, 0.2) is 48.8 Å². The average molecular weight is 480 g/mol. The number of fused-ring (bicyclic) bond motifs is 1. The highest BCUT2D eigenvalue weighted by Crippen LogP contribution is 2.27. The lowest BCUT2D eigenvalue weighted by molar-refractivity contribution is -0.137. The Morgan fingerprint density at radius 1 is 1.26 bits per heavy atom. The maximum Gasteiger partial charge on any atom is 0.303 e. The third-order valence-electron chi connectivity index (χ3n) is 5.96. The van der Waals surface area contributed by atoms with Gasteiger partial charge in [0.05, 0.1) is 27.8 Å². The molecule has 0 amide bonds. The third kappa shape index (κ3) is 6.30. The van der Waals surface area contributed by atoms with Crippen molar-refractivity contribution in [2.24, 2.45) is 0 Å². The number of alkyl halides is 1. The Labute approximate surface area is 204 Å². The van der Waals surface area contributed by atoms with Crippen LogP contribution in [0.25, 0.3) is 16.6 Å². The third-order valence-corrected chi connectivity index (χ3v) is 6.28. The standard InChI is InChI=1S/C26H30ClN5O2/c1-18-29-13-15-32(18)14-12-28-17-19-6-11-22-24(16-19)30-23(4-2-3-5-25(33)34)26(31-22)20-7-9-21(27)10-8-20/h6-9,11,13,15-16,21,28H,2-5,10,12,14,17H2,1H3,(H,33,34). The topological polar surface area (TPSA) is 92.9 Å². The van der Waals surface area contributed by atoms with Gasteiger partial charge < -0.3 is 15.0 Å². The highest BCUT2D eigenvalue weighted by atomic mass is 35.5. The summed E-state index contributed by atoms with van der Waals surface area (Å²) in [7, 11) is 0. The number of allylic oxidation sites excluding steroid dienone is 4. The first-order chi connectivity index (χ1) is 16.5. The van der Waals surface area contributed by atoms with E-state index in [1.165, 1.54) is 0 Å². The minimum atomic E-state index is -0.767. The summed E-state index contributed by atoms with van der Waals surface area (Å²) in [5, 5.41) is 12.4. The molecule has 8 heteroatoms. The zero-order valence-corrected chi connectivity index (χ0v) is 20.1. The van der Waals surface area contributed by atoms with Crippen molar-refractivity contribution in [1.82, 2.24) is 24.8 Å². The molecule has 2 heterocycles. The summed E-state index contributed by atoms with van der Waals surface area (Å²) < 4.78 is 2.12. The van der Waals surface area contributed by atoms with E-state index in [0.717, 1.165) is 71.9 Å². The molecular formula is C26H30ClN5O2. The predicted octanol–water partition coefficient (Wildman–Crippen LogP) is 4.67. The van der Waals surface area contributed by atoms with Gasteiger partial charge in [0.15, 0.2) is 0 Å². The Morgan fingerprint density at radius 2 is 2.15 bits per heavy atom. The van der Waals surface area contributed by atoms with Crippen molar-refractivity contribution in [1.29, 1.82) is 0 Å². The zero-order valence-electron chi connectivity index (χ0n) is 19.4. The molecule has 178 valence electrons. The van der Waals surface area contributed by atoms with E-state index in [1.54, 1.807) is 0 Å². The predicted molar refractivity (Wildman–Crippen MR) is 135 cm³/mol. The summed E-state index contributed by atoms with van der Waals surface area (Å²) in [4.78, 5) is 25.1. The molecule has 0 bridgehead atoms. The van der Waals surface area contributed by atoms with Crippen LogP contribution in [-0.4, -0.2) is 42.5 Å². The molecule has 0 spiro atoms. The van der Waals surface area contributed by atoms with Gasteiger partial charge in [-0.1, -0.05) is 24.3 Å². The van der Waals surface area contributed by atoms with Gasteiger partial charge >= 0.3 is 5.97 Å². The number of aromatic nitrogens is 4. The summed E-state index contributed by atoms with van der Waals surface area (Å²) in [6, 6.07) is 6.19. The lowest BCUT2D eigenvalue weighted by Gasteiger charge is -2.15. The van der Waals surface area contributed by atoms with Gasteiger partial charge in [0, 0.05) is 38.4 Å². The lowest BCUT2D eigenvalue weighted by atomic mass is 9.99. The molecule has 4 rings (SSSR count). The van der Waals surface area contributed by atoms with E-state index in [1.807, 2.05) is 37.5 Å². The van der Waals surface area contributed by atoms with Gasteiger partial charge in [0.2, 0.25) is 0 Å². The Bertz CT molecular complexity index is 1220. The maximum absolute atomic E-state index is 10.9. The second-order valence-corrected chi connectivity index (χ2v) is 9.12. The number of imidazole rings is 1. The maximum atomic E-state index is 10.9. The molecule has 0 aliphatic heterocycles. The fourth-order valence-electron chi connectivity index (χ4n) is 4.06. The molecule has 1 aliphatic carbocycles. The van der Waals surface area contributed by atoms with Crippen LogP contribution in [0.3, 0.4) is 0 Å². The Balaban J connectivity index is 1.50. The van der Waals surface area contributed by atoms with Crippen molar-refractivity contribution in [2.45, 2.75) is 57.5 Å². The van der Waals surface area contributed by atoms with E-state index in [0.29, 0.717) is 12.8 Å². The number of halogens is 1. The fraction of sp³-hybridized carbons (Fsp3) is 0.385. The normalized spacial score (nSPS) is 15.6. The van der Waals surface area contributed by atoms with E-state index in [4.69, 9.17) is 26.7 Å². The molecule has 1 aliphatic rings. The number of aryl methyl sites for hydroxylation is 2. The monoisotopic (exact) mass is 479 g/mol. The van der Waals surface area contributed by atoms with Crippen molar-refractivity contribution < 1.29 is 9.90 Å². The zero-order chi connectivity index (χ0) is 23.9. The SMILES string of the molecule is Cc1nccn1CCNCc1ccc2nc(C3=CCC(Cl)C=C3)c(CCCCC(=O)O)nc2c1. The lowest BCUT2D eigenvalue weighted by Crippen LogP contribution is -2.19. The smallest absolute Gasteiger partial charge is 0.303 e. The number of unbranched alkanes of at least 4 members (excludes halogenated alkanes) is 1. The van der Waals surface area contributed by atoms with Crippen LogP contribution in [0.4, 0.5) is 0 Å². The van der Waals surface area contributed by atoms with Gasteiger partial charge in [0.25, 0.3) is 0 Å². The van der Waals surface area contributed by atoms with Gasteiger partial charge in [-0.15, -0.1) is 11.6 Å². The van der Waals surface area contributed by atoms with E-state index in [-0.39, 0.29) is 11.8 Å². The summed E-state index contributed by atoms with van der Waals surface area (Å²) >= 11 is 6.21. The second-order valence-electron chi connectivity index (χ2n) is 8.56. The molecule has 0 saturated heterocycles. The number of hydrogen-bond acceptors (Lipinski definition) is 5. The van der Waals surface area contributed by atoms with E-state index < -0.39 is 5.97 Å². The van der Waals surface area contributed by atoms with Gasteiger partial charge in [-0.2, -0.15) is 0 Å². The summed E-state index contributed by atoms with van der Waals surface area (Å²) in [6.45, 7) is 4.46. The Kier molecular flexibility index (Phi) is 8.08. The molecule has 1 unspecified atom stereocenters. The van der Waals surface area contributed by atoms with Gasteiger partial charge in [-0.25, -0.2) is 15.0 Å². The van der Waals surface area contributed by atoms with Gasteiger partial charge in [0.1, 0.15) is 5.82 Å². The molecule has 7 nitrogen and oxygen atoms in total. The van der Waals surface area contributed by atoms with Crippen LogP contribution in [-0.2, 0) is 24.3 Å². The summed E-state index contributed by atoms with van der Waals surface area (Å²) in [5.74, 6) is 0.246. The first-order valence-electron chi connectivity index (χ1n) is 11.7. The number of aliphatic carboxylic acids is 1. The number of benzene rings is 1. The molecule has 0 fully saturated rings. The molecule has 0 saturated carbocycles. The number of rotatable bonds is 11. The molecular weight excluding hydrogens is 450 g/mol. The largest absolute Gasteiger partial charge is 0.481 e. The second kappa shape index (κ2) is 11.4. The molecule has 2 N–H and O–H groups in total. The van der Waals surface area contributed by atoms with Crippen molar-refractivity contribution in [3.63, 3.8) is 0 Å². The molecule has 1 atom stereocenters. The summed E-state index contributed by atoms with van der Waals surface area (Å²) in [5.41, 5.74) is 5.66. The summed E-state index contributed by atoms with van der Waals surface area (Å²) in [6.07, 6.45) is 12.9. The first kappa shape index (κ1) is 24.1. The minimum absolute atomic E-state index is 0.00364. The van der Waals surface area contributed by atoms with Gasteiger partial charge in [-0.3, -0.25) is 4.79 Å². The molecule has 0 radical (unpaired) electrons. The number of nitrogens with zero attached hydrogens (tertiary/aromatic N) is 4. The van der Waals surface area contributed by atoms with Crippen molar-refractivity contribution in [2.75, 3.05) is 6.54 Å². The van der Waals surface area contributed by atoms with Crippen molar-refractivity contribution in [3.8, 4) is 0 Å². The van der Waals surface area contributed by atoms with E-state index in [2.05, 4.69) is 33.1 Å². The van der Waals surface area contributed by atoms with Crippen molar-refractivity contribution >= 4 is 34.2 Å². The van der Waals surface area contributed by atoms with Crippen LogP contribution < -0.4 is 5.32 Å². The highest BCUT2D eigenvalue weighted by Gasteiger charge is 2.15.